The summed E-state index contributed by atoms with van der Waals surface area (Å²) in [7, 11) is 0. The van der Waals surface area contributed by atoms with Crippen LogP contribution in [0, 0.1) is 6.92 Å². The van der Waals surface area contributed by atoms with Crippen LogP contribution in [0.3, 0.4) is 0 Å². The predicted octanol–water partition coefficient (Wildman–Crippen LogP) is 2.84. The van der Waals surface area contributed by atoms with Crippen molar-refractivity contribution in [2.75, 3.05) is 5.73 Å². The molecule has 6 heteroatoms. The van der Waals surface area contributed by atoms with E-state index in [1.807, 2.05) is 19.1 Å². The molecule has 96 valence electrons. The number of anilines is 1. The summed E-state index contributed by atoms with van der Waals surface area (Å²) in [4.78, 5) is 0. The Morgan fingerprint density at radius 3 is 2.56 bits per heavy atom. The van der Waals surface area contributed by atoms with Crippen molar-refractivity contribution >= 4 is 5.69 Å². The molecule has 1 aromatic carbocycles. The summed E-state index contributed by atoms with van der Waals surface area (Å²) < 4.78 is 39.3. The Kier molecular flexibility index (Phi) is 3.02. The number of nitrogens with zero attached hydrogens (tertiary/aromatic N) is 2. The van der Waals surface area contributed by atoms with Gasteiger partial charge in [0.2, 0.25) is 0 Å². The maximum atomic E-state index is 12.8. The van der Waals surface area contributed by atoms with Crippen molar-refractivity contribution in [3.05, 3.63) is 47.3 Å². The molecule has 0 aliphatic rings. The third-order valence-corrected chi connectivity index (χ3v) is 2.72. The lowest BCUT2D eigenvalue weighted by atomic mass is 10.1. The first kappa shape index (κ1) is 12.5. The van der Waals surface area contributed by atoms with Gasteiger partial charge in [0.15, 0.2) is 5.69 Å². The number of aromatic nitrogens is 2. The molecule has 0 saturated heterocycles. The van der Waals surface area contributed by atoms with Gasteiger partial charge in [-0.25, -0.2) is 0 Å². The number of halogens is 3. The predicted molar refractivity (Wildman–Crippen MR) is 61.9 cm³/mol. The lowest BCUT2D eigenvalue weighted by Gasteiger charge is -2.12. The molecule has 0 saturated carbocycles. The van der Waals surface area contributed by atoms with E-state index in [9.17, 15) is 13.2 Å². The zero-order valence-electron chi connectivity index (χ0n) is 9.70. The van der Waals surface area contributed by atoms with Crippen molar-refractivity contribution in [1.82, 2.24) is 9.78 Å². The van der Waals surface area contributed by atoms with Gasteiger partial charge in [0.1, 0.15) is 0 Å². The fourth-order valence-electron chi connectivity index (χ4n) is 1.78. The van der Waals surface area contributed by atoms with Crippen molar-refractivity contribution in [2.24, 2.45) is 0 Å². The molecule has 0 fully saturated rings. The summed E-state index contributed by atoms with van der Waals surface area (Å²) in [5, 5.41) is 3.69. The van der Waals surface area contributed by atoms with E-state index in [1.54, 1.807) is 12.1 Å². The van der Waals surface area contributed by atoms with E-state index in [1.165, 1.54) is 0 Å². The van der Waals surface area contributed by atoms with Crippen molar-refractivity contribution in [3.63, 3.8) is 0 Å². The van der Waals surface area contributed by atoms with Crippen LogP contribution in [-0.4, -0.2) is 9.78 Å². The largest absolute Gasteiger partial charge is 0.435 e. The number of hydrogen-bond acceptors (Lipinski definition) is 2. The summed E-state index contributed by atoms with van der Waals surface area (Å²) in [6.45, 7) is 1.90. The summed E-state index contributed by atoms with van der Waals surface area (Å²) in [6.07, 6.45) is -3.47. The summed E-state index contributed by atoms with van der Waals surface area (Å²) in [6, 6.07) is 7.23. The van der Waals surface area contributed by atoms with Crippen molar-refractivity contribution in [1.29, 1.82) is 0 Å². The Hall–Kier alpha value is -1.98. The SMILES string of the molecule is Cc1ccccc1Cn1ncc(N)c1C(F)(F)F. The number of nitrogen functional groups attached to an aromatic ring is 1. The second kappa shape index (κ2) is 4.36. The molecule has 2 N–H and O–H groups in total. The topological polar surface area (TPSA) is 43.8 Å². The highest BCUT2D eigenvalue weighted by molar-refractivity contribution is 5.43. The average molecular weight is 255 g/mol. The first-order valence-electron chi connectivity index (χ1n) is 5.32. The molecule has 0 bridgehead atoms. The Labute approximate surface area is 102 Å². The van der Waals surface area contributed by atoms with Gasteiger partial charge in [-0.3, -0.25) is 4.68 Å². The molecule has 1 aromatic heterocycles. The summed E-state index contributed by atoms with van der Waals surface area (Å²) >= 11 is 0. The van der Waals surface area contributed by atoms with E-state index in [4.69, 9.17) is 5.73 Å². The molecule has 0 spiro atoms. The minimum atomic E-state index is -4.50. The van der Waals surface area contributed by atoms with Crippen molar-refractivity contribution in [2.45, 2.75) is 19.6 Å². The van der Waals surface area contributed by atoms with E-state index in [0.717, 1.165) is 22.0 Å². The third-order valence-electron chi connectivity index (χ3n) is 2.72. The second-order valence-corrected chi connectivity index (χ2v) is 4.03. The maximum absolute atomic E-state index is 12.8. The molecule has 0 aliphatic heterocycles. The maximum Gasteiger partial charge on any atom is 0.435 e. The zero-order valence-corrected chi connectivity index (χ0v) is 9.70. The van der Waals surface area contributed by atoms with Gasteiger partial charge in [-0.05, 0) is 18.1 Å². The highest BCUT2D eigenvalue weighted by Gasteiger charge is 2.37. The monoisotopic (exact) mass is 255 g/mol. The van der Waals surface area contributed by atoms with Crippen LogP contribution in [0.5, 0.6) is 0 Å². The van der Waals surface area contributed by atoms with Crippen LogP contribution in [0.1, 0.15) is 16.8 Å². The van der Waals surface area contributed by atoms with Gasteiger partial charge in [-0.15, -0.1) is 0 Å². The lowest BCUT2D eigenvalue weighted by molar-refractivity contribution is -0.143. The summed E-state index contributed by atoms with van der Waals surface area (Å²) in [5.41, 5.74) is 5.77. The van der Waals surface area contributed by atoms with Gasteiger partial charge in [-0.2, -0.15) is 18.3 Å². The fraction of sp³-hybridized carbons (Fsp3) is 0.250. The molecule has 1 heterocycles. The van der Waals surface area contributed by atoms with Gasteiger partial charge < -0.3 is 5.73 Å². The first-order chi connectivity index (χ1) is 8.39. The van der Waals surface area contributed by atoms with Gasteiger partial charge in [0.25, 0.3) is 0 Å². The highest BCUT2D eigenvalue weighted by Crippen LogP contribution is 2.33. The highest BCUT2D eigenvalue weighted by atomic mass is 19.4. The Balaban J connectivity index is 2.39. The van der Waals surface area contributed by atoms with E-state index in [2.05, 4.69) is 5.10 Å². The van der Waals surface area contributed by atoms with Gasteiger partial charge in [0.05, 0.1) is 18.4 Å². The zero-order chi connectivity index (χ0) is 13.3. The number of nitrogens with two attached hydrogens (primary N) is 1. The molecule has 18 heavy (non-hydrogen) atoms. The van der Waals surface area contributed by atoms with Gasteiger partial charge in [-0.1, -0.05) is 24.3 Å². The molecule has 3 nitrogen and oxygen atoms in total. The van der Waals surface area contributed by atoms with E-state index < -0.39 is 11.9 Å². The van der Waals surface area contributed by atoms with Gasteiger partial charge in [0, 0.05) is 0 Å². The molecular weight excluding hydrogens is 243 g/mol. The first-order valence-corrected chi connectivity index (χ1v) is 5.32. The molecule has 0 aliphatic carbocycles. The number of benzene rings is 1. The van der Waals surface area contributed by atoms with E-state index in [-0.39, 0.29) is 12.2 Å². The Morgan fingerprint density at radius 2 is 1.94 bits per heavy atom. The van der Waals surface area contributed by atoms with Crippen molar-refractivity contribution < 1.29 is 13.2 Å². The fourth-order valence-corrected chi connectivity index (χ4v) is 1.78. The molecule has 2 aromatic rings. The molecule has 0 amide bonds. The molecule has 2 rings (SSSR count). The standard InChI is InChI=1S/C12H12F3N3/c1-8-4-2-3-5-9(8)7-18-11(12(13,14)15)10(16)6-17-18/h2-6H,7,16H2,1H3. The number of rotatable bonds is 2. The quantitative estimate of drug-likeness (QED) is 0.896. The smallest absolute Gasteiger partial charge is 0.396 e. The summed E-state index contributed by atoms with van der Waals surface area (Å²) in [5.74, 6) is 0. The minimum absolute atomic E-state index is 0.0543. The van der Waals surface area contributed by atoms with Crippen LogP contribution >= 0.6 is 0 Å². The molecule has 0 atom stereocenters. The van der Waals surface area contributed by atoms with Crippen LogP contribution in [0.15, 0.2) is 30.5 Å². The molecule has 0 unspecified atom stereocenters. The van der Waals surface area contributed by atoms with Crippen LogP contribution in [0.25, 0.3) is 0 Å². The Bertz CT molecular complexity index is 558. The Morgan fingerprint density at radius 1 is 1.28 bits per heavy atom. The normalized spacial score (nSPS) is 11.8. The van der Waals surface area contributed by atoms with Crippen LogP contribution in [0.4, 0.5) is 18.9 Å². The van der Waals surface area contributed by atoms with E-state index in [0.29, 0.717) is 0 Å². The van der Waals surface area contributed by atoms with Gasteiger partial charge >= 0.3 is 6.18 Å². The number of alkyl halides is 3. The van der Waals surface area contributed by atoms with Crippen LogP contribution in [0.2, 0.25) is 0 Å². The minimum Gasteiger partial charge on any atom is -0.396 e. The van der Waals surface area contributed by atoms with E-state index >= 15 is 0 Å². The lowest BCUT2D eigenvalue weighted by Crippen LogP contribution is -2.17. The molecule has 0 radical (unpaired) electrons. The third kappa shape index (κ3) is 2.32. The van der Waals surface area contributed by atoms with Crippen LogP contribution in [-0.2, 0) is 12.7 Å². The molecular formula is C12H12F3N3. The number of hydrogen-bond donors (Lipinski definition) is 1. The average Bonchev–Trinajstić information content (AvgIpc) is 2.62. The second-order valence-electron chi connectivity index (χ2n) is 4.03. The number of aryl methyl sites for hydroxylation is 1. The van der Waals surface area contributed by atoms with Crippen molar-refractivity contribution in [3.8, 4) is 0 Å². The van der Waals surface area contributed by atoms with Crippen LogP contribution < -0.4 is 5.73 Å².